The quantitative estimate of drug-likeness (QED) is 0.134. The standard InChI is InChI=1S/C124H141BN4/c1-115(2,3)82-44-36-77(37-45-82)94-70-90(123(25,26)27)71-95(78-38-46-83(47-39-78)116(4,5)6)113(94)128-108-74-92(126-104-60-52-86(119(13,14)15)66-98(104)99-67-87(120(16,17)18)53-61-105(99)126)56-58-102(108)125-103-59-57-93(127-106-62-54-88(121(19,20)21)68-100(106)101-69-89(122(22,23)24)55-63-107(101)127)75-109(103)129(111-65-81(64-110(128)112(111)125)76-34-32-31-33-35-76)114-96(79-40-48-84(49-41-79)117(7,8)9)72-91(124(28,29)30)73-97(114)80-42-50-85(51-43-80)118(10,11)12/h36-76H,31-35H2,1-30H3. The van der Waals surface area contributed by atoms with Gasteiger partial charge in [-0.15, -0.1) is 0 Å². The van der Waals surface area contributed by atoms with Gasteiger partial charge in [-0.05, 0) is 282 Å². The molecule has 1 aliphatic carbocycles. The molecule has 0 unspecified atom stereocenters. The summed E-state index contributed by atoms with van der Waals surface area (Å²) in [6.45, 7) is 70.8. The highest BCUT2D eigenvalue weighted by atomic mass is 15.2. The van der Waals surface area contributed by atoms with Crippen LogP contribution in [0.5, 0.6) is 0 Å². The summed E-state index contributed by atoms with van der Waals surface area (Å²) in [4.78, 5) is 5.73. The Morgan fingerprint density at radius 3 is 0.705 bits per heavy atom. The van der Waals surface area contributed by atoms with Gasteiger partial charge in [-0.2, -0.15) is 0 Å². The van der Waals surface area contributed by atoms with E-state index >= 15 is 0 Å². The first-order valence-electron chi connectivity index (χ1n) is 48.3. The molecule has 13 aromatic carbocycles. The van der Waals surface area contributed by atoms with Crippen LogP contribution in [0.2, 0.25) is 0 Å². The molecule has 1 saturated carbocycles. The molecule has 0 saturated heterocycles. The van der Waals surface area contributed by atoms with Crippen LogP contribution < -0.4 is 26.2 Å². The first-order chi connectivity index (χ1) is 60.3. The zero-order chi connectivity index (χ0) is 92.2. The Hall–Kier alpha value is -10.9. The summed E-state index contributed by atoms with van der Waals surface area (Å²) in [5, 5.41) is 5.11. The molecule has 660 valence electrons. The Balaban J connectivity index is 1.06. The van der Waals surface area contributed by atoms with Crippen molar-refractivity contribution in [1.29, 1.82) is 0 Å². The maximum absolute atomic E-state index is 2.87. The second-order valence-corrected chi connectivity index (χ2v) is 49.1. The summed E-state index contributed by atoms with van der Waals surface area (Å²) in [5.74, 6) is 0.291. The molecular formula is C124H141BN4. The maximum Gasteiger partial charge on any atom is 0.252 e. The Labute approximate surface area is 774 Å². The summed E-state index contributed by atoms with van der Waals surface area (Å²) in [5.41, 5.74) is 41.1. The lowest BCUT2D eigenvalue weighted by Gasteiger charge is -2.46. The van der Waals surface area contributed by atoms with Crippen molar-refractivity contribution in [3.8, 4) is 55.9 Å². The Kier molecular flexibility index (Phi) is 21.3. The molecule has 0 spiro atoms. The van der Waals surface area contributed by atoms with E-state index in [2.05, 4.69) is 469 Å². The number of aromatic nitrogens is 2. The highest BCUT2D eigenvalue weighted by Crippen LogP contribution is 2.57. The fourth-order valence-electron chi connectivity index (χ4n) is 21.0. The minimum atomic E-state index is -0.268. The van der Waals surface area contributed by atoms with Crippen molar-refractivity contribution in [1.82, 2.24) is 9.13 Å². The van der Waals surface area contributed by atoms with Crippen molar-refractivity contribution in [3.63, 3.8) is 0 Å². The molecule has 4 heterocycles. The molecule has 0 bridgehead atoms. The number of hydrogen-bond donors (Lipinski definition) is 0. The van der Waals surface area contributed by atoms with E-state index in [0.717, 1.165) is 24.2 Å². The number of nitrogens with zero attached hydrogens (tertiary/aromatic N) is 4. The van der Waals surface area contributed by atoms with Crippen LogP contribution in [0.4, 0.5) is 34.1 Å². The van der Waals surface area contributed by atoms with Gasteiger partial charge in [0.15, 0.2) is 0 Å². The van der Waals surface area contributed by atoms with Crippen LogP contribution >= 0.6 is 0 Å². The average Bonchev–Trinajstić information content (AvgIpc) is 1.51. The van der Waals surface area contributed by atoms with Crippen molar-refractivity contribution in [3.05, 3.63) is 304 Å². The summed E-state index contributed by atoms with van der Waals surface area (Å²) in [7, 11) is 0. The summed E-state index contributed by atoms with van der Waals surface area (Å²) < 4.78 is 5.25. The lowest BCUT2D eigenvalue weighted by molar-refractivity contribution is 0.444. The Morgan fingerprint density at radius 1 is 0.225 bits per heavy atom. The topological polar surface area (TPSA) is 16.3 Å². The van der Waals surface area contributed by atoms with Crippen LogP contribution in [-0.2, 0) is 54.1 Å². The van der Waals surface area contributed by atoms with Crippen molar-refractivity contribution >= 4 is 101 Å². The van der Waals surface area contributed by atoms with Gasteiger partial charge in [0, 0.05) is 77.9 Å². The molecule has 0 atom stereocenters. The lowest BCUT2D eigenvalue weighted by atomic mass is 9.33. The molecule has 0 N–H and O–H groups in total. The summed E-state index contributed by atoms with van der Waals surface area (Å²) >= 11 is 0. The van der Waals surface area contributed by atoms with E-state index in [9.17, 15) is 0 Å². The maximum atomic E-state index is 2.87. The van der Waals surface area contributed by atoms with E-state index in [1.165, 1.54) is 219 Å². The number of anilines is 6. The van der Waals surface area contributed by atoms with Crippen molar-refractivity contribution in [2.45, 2.75) is 300 Å². The highest BCUT2D eigenvalue weighted by molar-refractivity contribution is 7.00. The molecule has 129 heavy (non-hydrogen) atoms. The normalized spacial score (nSPS) is 14.7. The molecule has 0 radical (unpaired) electrons. The van der Waals surface area contributed by atoms with Crippen LogP contribution in [0.15, 0.2) is 243 Å². The zero-order valence-corrected chi connectivity index (χ0v) is 83.6. The monoisotopic (exact) mass is 1700 g/mol. The number of fused-ring (bicyclic) bond motifs is 10. The molecule has 18 rings (SSSR count). The van der Waals surface area contributed by atoms with Crippen LogP contribution in [0.1, 0.15) is 307 Å². The predicted molar refractivity (Wildman–Crippen MR) is 564 cm³/mol. The molecule has 4 nitrogen and oxygen atoms in total. The number of benzene rings is 13. The second-order valence-electron chi connectivity index (χ2n) is 49.1. The molecule has 1 fully saturated rings. The third-order valence-electron chi connectivity index (χ3n) is 29.3. The van der Waals surface area contributed by atoms with Gasteiger partial charge < -0.3 is 18.9 Å². The minimum Gasteiger partial charge on any atom is -0.310 e. The Morgan fingerprint density at radius 2 is 0.465 bits per heavy atom. The van der Waals surface area contributed by atoms with E-state index in [0.29, 0.717) is 5.92 Å². The van der Waals surface area contributed by atoms with E-state index in [1.807, 2.05) is 0 Å². The molecule has 2 aliphatic heterocycles. The van der Waals surface area contributed by atoms with Crippen LogP contribution in [0, 0.1) is 0 Å². The third-order valence-corrected chi connectivity index (χ3v) is 29.3. The van der Waals surface area contributed by atoms with E-state index in [1.54, 1.807) is 0 Å². The van der Waals surface area contributed by atoms with Gasteiger partial charge in [0.1, 0.15) is 0 Å². The number of rotatable bonds is 9. The Bertz CT molecular complexity index is 6220. The molecule has 3 aliphatic rings. The van der Waals surface area contributed by atoms with Gasteiger partial charge in [0.2, 0.25) is 0 Å². The first-order valence-corrected chi connectivity index (χ1v) is 48.3. The van der Waals surface area contributed by atoms with Crippen LogP contribution in [0.25, 0.3) is 99.5 Å². The predicted octanol–water partition coefficient (Wildman–Crippen LogP) is 33.7. The van der Waals surface area contributed by atoms with E-state index in [4.69, 9.17) is 0 Å². The van der Waals surface area contributed by atoms with Gasteiger partial charge >= 0.3 is 0 Å². The minimum absolute atomic E-state index is 0.0723. The molecule has 2 aromatic heterocycles. The van der Waals surface area contributed by atoms with Crippen molar-refractivity contribution < 1.29 is 0 Å². The molecule has 0 amide bonds. The van der Waals surface area contributed by atoms with Gasteiger partial charge in [0.25, 0.3) is 6.71 Å². The highest BCUT2D eigenvalue weighted by Gasteiger charge is 2.47. The fourth-order valence-corrected chi connectivity index (χ4v) is 21.0. The fraction of sp³-hybridized carbons (Fsp3) is 0.371. The van der Waals surface area contributed by atoms with Gasteiger partial charge in [-0.3, -0.25) is 0 Å². The van der Waals surface area contributed by atoms with Crippen molar-refractivity contribution in [2.75, 3.05) is 9.80 Å². The molecule has 5 heteroatoms. The van der Waals surface area contributed by atoms with Crippen LogP contribution in [0.3, 0.4) is 0 Å². The van der Waals surface area contributed by atoms with Gasteiger partial charge in [-0.25, -0.2) is 0 Å². The van der Waals surface area contributed by atoms with E-state index in [-0.39, 0.29) is 60.9 Å². The first kappa shape index (κ1) is 88.8. The number of hydrogen-bond acceptors (Lipinski definition) is 2. The largest absolute Gasteiger partial charge is 0.310 e. The summed E-state index contributed by atoms with van der Waals surface area (Å²) in [6.07, 6.45) is 5.82. The zero-order valence-electron chi connectivity index (χ0n) is 83.6. The molecular weight excluding hydrogens is 1560 g/mol. The van der Waals surface area contributed by atoms with Gasteiger partial charge in [-0.1, -0.05) is 360 Å². The van der Waals surface area contributed by atoms with Crippen molar-refractivity contribution in [2.24, 2.45) is 0 Å². The average molecular weight is 1700 g/mol. The van der Waals surface area contributed by atoms with E-state index < -0.39 is 0 Å². The molecule has 15 aromatic rings. The second kappa shape index (κ2) is 30.9. The smallest absolute Gasteiger partial charge is 0.252 e. The SMILES string of the molecule is CC(C)(C)c1ccc(-c2cc(C(C)(C)C)cc(-c3ccc(C(C)(C)C)cc3)c2N2c3cc(-n4c5ccc(C(C)(C)C)cc5c5cc(C(C)(C)C)ccc54)ccc3B3c4ccc(-n5c6ccc(C(C)(C)C)cc6c6cc(C(C)(C)C)ccc65)cc4N(c4c(-c5ccc(C(C)(C)C)cc5)cc(C(C)(C)C)cc4-c4ccc(C(C)(C)C)cc4)c4cc(C5CCCCC5)cc2c43)cc1. The van der Waals surface area contributed by atoms with Gasteiger partial charge in [0.05, 0.1) is 33.4 Å². The van der Waals surface area contributed by atoms with Crippen LogP contribution in [-0.4, -0.2) is 15.8 Å². The summed E-state index contributed by atoms with van der Waals surface area (Å²) in [6, 6.07) is 99.9. The lowest BCUT2D eigenvalue weighted by Crippen LogP contribution is -2.61. The third kappa shape index (κ3) is 16.0.